The monoisotopic (exact) mass is 330 g/mol. The highest BCUT2D eigenvalue weighted by Crippen LogP contribution is 2.24. The van der Waals surface area contributed by atoms with E-state index in [0.29, 0.717) is 13.0 Å². The summed E-state index contributed by atoms with van der Waals surface area (Å²) >= 11 is 0. The molecule has 23 heavy (non-hydrogen) atoms. The van der Waals surface area contributed by atoms with E-state index < -0.39 is 10.0 Å². The van der Waals surface area contributed by atoms with Crippen LogP contribution in [0, 0.1) is 11.3 Å². The third-order valence-electron chi connectivity index (χ3n) is 3.54. The number of hydrogen-bond donors (Lipinski definition) is 0. The number of sulfonamides is 1. The average molecular weight is 330 g/mol. The fourth-order valence-corrected chi connectivity index (χ4v) is 3.91. The predicted octanol–water partition coefficient (Wildman–Crippen LogP) is 1.19. The molecule has 1 fully saturated rings. The van der Waals surface area contributed by atoms with Crippen molar-refractivity contribution in [3.05, 3.63) is 48.4 Å². The molecule has 3 rings (SSSR count). The molecule has 8 heteroatoms. The molecule has 0 radical (unpaired) electrons. The van der Waals surface area contributed by atoms with E-state index in [1.54, 1.807) is 30.3 Å². The Balaban J connectivity index is 1.73. The first-order valence-corrected chi connectivity index (χ1v) is 8.48. The number of aromatic nitrogens is 2. The van der Waals surface area contributed by atoms with E-state index in [4.69, 9.17) is 10.00 Å². The smallest absolute Gasteiger partial charge is 0.251 e. The molecule has 2 aromatic rings. The first-order chi connectivity index (χ1) is 11.1. The molecule has 1 aliphatic rings. The van der Waals surface area contributed by atoms with Crippen LogP contribution in [0.5, 0.6) is 5.88 Å². The molecule has 1 aromatic heterocycles. The van der Waals surface area contributed by atoms with Crippen LogP contribution < -0.4 is 4.74 Å². The SMILES string of the molecule is N#Cc1nccnc1OC1CCN(S(=O)(=O)c2ccccc2)C1. The topological polar surface area (TPSA) is 96.2 Å². The van der Waals surface area contributed by atoms with Gasteiger partial charge in [0.15, 0.2) is 0 Å². The Hall–Kier alpha value is -2.50. The number of rotatable bonds is 4. The van der Waals surface area contributed by atoms with Gasteiger partial charge in [-0.1, -0.05) is 18.2 Å². The Kier molecular flexibility index (Phi) is 4.23. The van der Waals surface area contributed by atoms with Crippen LogP contribution in [0.3, 0.4) is 0 Å². The summed E-state index contributed by atoms with van der Waals surface area (Å²) in [5.41, 5.74) is 0.0943. The van der Waals surface area contributed by atoms with Gasteiger partial charge in [-0.25, -0.2) is 18.4 Å². The van der Waals surface area contributed by atoms with E-state index in [1.165, 1.54) is 16.7 Å². The van der Waals surface area contributed by atoms with Crippen molar-refractivity contribution in [2.24, 2.45) is 0 Å². The maximum absolute atomic E-state index is 12.5. The van der Waals surface area contributed by atoms with Crippen molar-refractivity contribution in [2.45, 2.75) is 17.4 Å². The molecular formula is C15H14N4O3S. The highest BCUT2D eigenvalue weighted by atomic mass is 32.2. The maximum Gasteiger partial charge on any atom is 0.251 e. The van der Waals surface area contributed by atoms with Gasteiger partial charge < -0.3 is 4.74 Å². The van der Waals surface area contributed by atoms with Crippen molar-refractivity contribution < 1.29 is 13.2 Å². The minimum atomic E-state index is -3.53. The second-order valence-corrected chi connectivity index (χ2v) is 6.96. The summed E-state index contributed by atoms with van der Waals surface area (Å²) in [4.78, 5) is 8.12. The van der Waals surface area contributed by atoms with Crippen LogP contribution in [-0.2, 0) is 10.0 Å². The summed E-state index contributed by atoms with van der Waals surface area (Å²) in [6.45, 7) is 0.586. The van der Waals surface area contributed by atoms with Crippen molar-refractivity contribution in [1.82, 2.24) is 14.3 Å². The van der Waals surface area contributed by atoms with E-state index >= 15 is 0 Å². The molecule has 1 unspecified atom stereocenters. The largest absolute Gasteiger partial charge is 0.471 e. The zero-order valence-electron chi connectivity index (χ0n) is 12.2. The van der Waals surface area contributed by atoms with Crippen molar-refractivity contribution in [2.75, 3.05) is 13.1 Å². The van der Waals surface area contributed by atoms with E-state index in [1.807, 2.05) is 6.07 Å². The minimum Gasteiger partial charge on any atom is -0.471 e. The Bertz CT molecular complexity index is 833. The van der Waals surface area contributed by atoms with Gasteiger partial charge in [0, 0.05) is 18.9 Å². The lowest BCUT2D eigenvalue weighted by Crippen LogP contribution is -2.31. The number of nitrogens with zero attached hydrogens (tertiary/aromatic N) is 4. The van der Waals surface area contributed by atoms with Gasteiger partial charge in [0.05, 0.1) is 11.4 Å². The van der Waals surface area contributed by atoms with Crippen LogP contribution in [0.2, 0.25) is 0 Å². The summed E-state index contributed by atoms with van der Waals surface area (Å²) in [7, 11) is -3.53. The summed E-state index contributed by atoms with van der Waals surface area (Å²) in [5.74, 6) is 0.138. The van der Waals surface area contributed by atoms with E-state index in [9.17, 15) is 8.42 Å². The fourth-order valence-electron chi connectivity index (χ4n) is 2.40. The molecule has 7 nitrogen and oxygen atoms in total. The average Bonchev–Trinajstić information content (AvgIpc) is 3.05. The molecule has 0 spiro atoms. The minimum absolute atomic E-state index is 0.0943. The number of benzene rings is 1. The second-order valence-electron chi connectivity index (χ2n) is 5.03. The first kappa shape index (κ1) is 15.4. The second kappa shape index (κ2) is 6.32. The van der Waals surface area contributed by atoms with Crippen LogP contribution in [0.1, 0.15) is 12.1 Å². The highest BCUT2D eigenvalue weighted by Gasteiger charge is 2.34. The normalized spacial score (nSPS) is 18.5. The van der Waals surface area contributed by atoms with Gasteiger partial charge in [-0.15, -0.1) is 0 Å². The molecule has 0 bridgehead atoms. The van der Waals surface area contributed by atoms with Gasteiger partial charge >= 0.3 is 0 Å². The lowest BCUT2D eigenvalue weighted by atomic mass is 10.3. The summed E-state index contributed by atoms with van der Waals surface area (Å²) in [5, 5.41) is 8.98. The first-order valence-electron chi connectivity index (χ1n) is 7.04. The molecule has 1 aliphatic heterocycles. The fraction of sp³-hybridized carbons (Fsp3) is 0.267. The molecule has 1 atom stereocenters. The molecule has 0 amide bonds. The van der Waals surface area contributed by atoms with E-state index in [-0.39, 0.29) is 29.1 Å². The molecule has 118 valence electrons. The van der Waals surface area contributed by atoms with Gasteiger partial charge in [-0.3, -0.25) is 0 Å². The van der Waals surface area contributed by atoms with E-state index in [0.717, 1.165) is 0 Å². The number of hydrogen-bond acceptors (Lipinski definition) is 6. The van der Waals surface area contributed by atoms with Crippen LogP contribution in [0.4, 0.5) is 0 Å². The third-order valence-corrected chi connectivity index (χ3v) is 5.42. The molecular weight excluding hydrogens is 316 g/mol. The molecule has 0 saturated carbocycles. The molecule has 0 aliphatic carbocycles. The molecule has 1 aromatic carbocycles. The van der Waals surface area contributed by atoms with Gasteiger partial charge in [-0.2, -0.15) is 9.57 Å². The third kappa shape index (κ3) is 3.16. The lowest BCUT2D eigenvalue weighted by molar-refractivity contribution is 0.205. The van der Waals surface area contributed by atoms with Crippen LogP contribution in [0.25, 0.3) is 0 Å². The lowest BCUT2D eigenvalue weighted by Gasteiger charge is -2.17. The van der Waals surface area contributed by atoms with Crippen molar-refractivity contribution in [3.8, 4) is 11.9 Å². The highest BCUT2D eigenvalue weighted by molar-refractivity contribution is 7.89. The zero-order chi connectivity index (χ0) is 16.3. The Morgan fingerprint density at radius 1 is 1.22 bits per heavy atom. The number of nitriles is 1. The molecule has 0 N–H and O–H groups in total. The van der Waals surface area contributed by atoms with E-state index in [2.05, 4.69) is 9.97 Å². The summed E-state index contributed by atoms with van der Waals surface area (Å²) < 4.78 is 32.1. The maximum atomic E-state index is 12.5. The summed E-state index contributed by atoms with van der Waals surface area (Å²) in [6, 6.07) is 10.2. The summed E-state index contributed by atoms with van der Waals surface area (Å²) in [6.07, 6.45) is 3.03. The Morgan fingerprint density at radius 3 is 2.70 bits per heavy atom. The molecule has 1 saturated heterocycles. The van der Waals surface area contributed by atoms with Crippen LogP contribution in [0.15, 0.2) is 47.6 Å². The quantitative estimate of drug-likeness (QED) is 0.835. The van der Waals surface area contributed by atoms with Crippen molar-refractivity contribution in [3.63, 3.8) is 0 Å². The number of ether oxygens (including phenoxy) is 1. The standard InChI is InChI=1S/C15H14N4O3S/c16-10-14-15(18-8-7-17-14)22-12-6-9-19(11-12)23(20,21)13-4-2-1-3-5-13/h1-5,7-8,12H,6,9,11H2. The Labute approximate surface area is 134 Å². The zero-order valence-corrected chi connectivity index (χ0v) is 13.0. The Morgan fingerprint density at radius 2 is 1.96 bits per heavy atom. The van der Waals surface area contributed by atoms with Gasteiger partial charge in [-0.05, 0) is 18.6 Å². The van der Waals surface area contributed by atoms with Gasteiger partial charge in [0.25, 0.3) is 5.88 Å². The van der Waals surface area contributed by atoms with Crippen molar-refractivity contribution in [1.29, 1.82) is 5.26 Å². The molecule has 2 heterocycles. The van der Waals surface area contributed by atoms with Gasteiger partial charge in [0.2, 0.25) is 15.7 Å². The van der Waals surface area contributed by atoms with Gasteiger partial charge in [0.1, 0.15) is 12.2 Å². The predicted molar refractivity (Wildman–Crippen MR) is 81.0 cm³/mol. The van der Waals surface area contributed by atoms with Crippen LogP contribution >= 0.6 is 0 Å². The van der Waals surface area contributed by atoms with Crippen molar-refractivity contribution >= 4 is 10.0 Å². The van der Waals surface area contributed by atoms with Crippen LogP contribution in [-0.4, -0.2) is 41.9 Å².